The van der Waals surface area contributed by atoms with Crippen LogP contribution in [0.5, 0.6) is 11.5 Å². The number of hydrogen-bond acceptors (Lipinski definition) is 4. The van der Waals surface area contributed by atoms with E-state index in [-0.39, 0.29) is 12.4 Å². The molecule has 3 aromatic rings. The number of ether oxygens (including phenoxy) is 1. The number of phenols is 1. The molecule has 0 unspecified atom stereocenters. The lowest BCUT2D eigenvalue weighted by Gasteiger charge is -2.04. The molecular formula is C16H14FN3O2. The molecule has 0 saturated heterocycles. The molecule has 0 aliphatic heterocycles. The van der Waals surface area contributed by atoms with Gasteiger partial charge in [0.05, 0.1) is 11.9 Å². The number of phenolic OH excluding ortho intramolecular Hbond substituents is 1. The molecule has 0 atom stereocenters. The fourth-order valence-corrected chi connectivity index (χ4v) is 2.00. The quantitative estimate of drug-likeness (QED) is 0.786. The Morgan fingerprint density at radius 2 is 2.00 bits per heavy atom. The summed E-state index contributed by atoms with van der Waals surface area (Å²) < 4.78 is 19.7. The second kappa shape index (κ2) is 6.26. The average Bonchev–Trinajstić information content (AvgIpc) is 3.02. The summed E-state index contributed by atoms with van der Waals surface area (Å²) in [7, 11) is 0. The zero-order valence-electron chi connectivity index (χ0n) is 11.7. The Balaban J connectivity index is 1.69. The lowest BCUT2D eigenvalue weighted by atomic mass is 10.2. The van der Waals surface area contributed by atoms with Gasteiger partial charge >= 0.3 is 0 Å². The Kier molecular flexibility index (Phi) is 4.00. The molecule has 0 spiro atoms. The SMILES string of the molecule is Oc1cccc(-n2cc(COc3cccc(CF)c3)nn2)c1. The fourth-order valence-electron chi connectivity index (χ4n) is 2.00. The zero-order valence-corrected chi connectivity index (χ0v) is 11.7. The van der Waals surface area contributed by atoms with Gasteiger partial charge in [0.1, 0.15) is 30.5 Å². The van der Waals surface area contributed by atoms with Gasteiger partial charge in [-0.05, 0) is 29.8 Å². The van der Waals surface area contributed by atoms with E-state index in [4.69, 9.17) is 4.74 Å². The summed E-state index contributed by atoms with van der Waals surface area (Å²) in [6, 6.07) is 13.6. The van der Waals surface area contributed by atoms with E-state index in [1.165, 1.54) is 0 Å². The fraction of sp³-hybridized carbons (Fsp3) is 0.125. The van der Waals surface area contributed by atoms with Crippen molar-refractivity contribution in [3.05, 3.63) is 66.0 Å². The van der Waals surface area contributed by atoms with E-state index < -0.39 is 6.67 Å². The summed E-state index contributed by atoms with van der Waals surface area (Å²) in [6.07, 6.45) is 1.72. The van der Waals surface area contributed by atoms with Gasteiger partial charge in [0.25, 0.3) is 0 Å². The Morgan fingerprint density at radius 1 is 1.14 bits per heavy atom. The molecule has 1 heterocycles. The Bertz CT molecular complexity index is 773. The predicted octanol–water partition coefficient (Wildman–Crippen LogP) is 3.02. The maximum absolute atomic E-state index is 12.6. The molecule has 0 radical (unpaired) electrons. The van der Waals surface area contributed by atoms with Crippen LogP contribution in [0.1, 0.15) is 11.3 Å². The topological polar surface area (TPSA) is 60.2 Å². The van der Waals surface area contributed by atoms with Gasteiger partial charge in [-0.3, -0.25) is 0 Å². The molecule has 3 rings (SSSR count). The van der Waals surface area contributed by atoms with Crippen LogP contribution in [0.25, 0.3) is 5.69 Å². The monoisotopic (exact) mass is 299 g/mol. The number of alkyl halides is 1. The molecule has 0 aliphatic rings. The summed E-state index contributed by atoms with van der Waals surface area (Å²) in [5, 5.41) is 17.5. The number of benzene rings is 2. The highest BCUT2D eigenvalue weighted by atomic mass is 19.1. The molecule has 0 aliphatic carbocycles. The summed E-state index contributed by atoms with van der Waals surface area (Å²) in [4.78, 5) is 0. The number of hydrogen-bond donors (Lipinski definition) is 1. The zero-order chi connectivity index (χ0) is 15.4. The van der Waals surface area contributed by atoms with Crippen molar-refractivity contribution in [1.82, 2.24) is 15.0 Å². The first kappa shape index (κ1) is 14.1. The summed E-state index contributed by atoms with van der Waals surface area (Å²) in [5.74, 6) is 0.746. The minimum atomic E-state index is -0.523. The van der Waals surface area contributed by atoms with Gasteiger partial charge in [0, 0.05) is 6.07 Å². The Hall–Kier alpha value is -2.89. The van der Waals surface area contributed by atoms with E-state index in [1.54, 1.807) is 53.3 Å². The molecule has 22 heavy (non-hydrogen) atoms. The van der Waals surface area contributed by atoms with Gasteiger partial charge in [-0.15, -0.1) is 5.10 Å². The first-order chi connectivity index (χ1) is 10.7. The van der Waals surface area contributed by atoms with Crippen molar-refractivity contribution in [2.45, 2.75) is 13.3 Å². The summed E-state index contributed by atoms with van der Waals surface area (Å²) in [6.45, 7) is -0.292. The van der Waals surface area contributed by atoms with Crippen LogP contribution < -0.4 is 4.74 Å². The third-order valence-corrected chi connectivity index (χ3v) is 3.07. The molecule has 2 aromatic carbocycles. The first-order valence-electron chi connectivity index (χ1n) is 6.73. The molecule has 0 amide bonds. The minimum absolute atomic E-state index is 0.161. The van der Waals surface area contributed by atoms with Crippen LogP contribution in [0.2, 0.25) is 0 Å². The molecule has 1 N–H and O–H groups in total. The van der Waals surface area contributed by atoms with Crippen LogP contribution in [0.3, 0.4) is 0 Å². The van der Waals surface area contributed by atoms with Crippen LogP contribution in [-0.2, 0) is 13.3 Å². The van der Waals surface area contributed by atoms with Crippen molar-refractivity contribution in [2.24, 2.45) is 0 Å². The van der Waals surface area contributed by atoms with E-state index in [0.29, 0.717) is 22.7 Å². The van der Waals surface area contributed by atoms with Crippen molar-refractivity contribution in [1.29, 1.82) is 0 Å². The summed E-state index contributed by atoms with van der Waals surface area (Å²) >= 11 is 0. The molecule has 1 aromatic heterocycles. The van der Waals surface area contributed by atoms with Crippen molar-refractivity contribution in [2.75, 3.05) is 0 Å². The average molecular weight is 299 g/mol. The maximum atomic E-state index is 12.6. The van der Waals surface area contributed by atoms with Crippen molar-refractivity contribution in [3.8, 4) is 17.2 Å². The van der Waals surface area contributed by atoms with Crippen molar-refractivity contribution in [3.63, 3.8) is 0 Å². The van der Waals surface area contributed by atoms with Gasteiger partial charge < -0.3 is 9.84 Å². The molecule has 0 saturated carbocycles. The summed E-state index contributed by atoms with van der Waals surface area (Å²) in [5.41, 5.74) is 1.91. The maximum Gasteiger partial charge on any atom is 0.134 e. The van der Waals surface area contributed by atoms with Crippen LogP contribution >= 0.6 is 0 Å². The van der Waals surface area contributed by atoms with Gasteiger partial charge in [0.15, 0.2) is 0 Å². The van der Waals surface area contributed by atoms with Gasteiger partial charge in [-0.1, -0.05) is 23.4 Å². The number of nitrogens with zero attached hydrogens (tertiary/aromatic N) is 3. The smallest absolute Gasteiger partial charge is 0.134 e. The second-order valence-electron chi connectivity index (χ2n) is 4.74. The van der Waals surface area contributed by atoms with Gasteiger partial charge in [-0.25, -0.2) is 9.07 Å². The number of rotatable bonds is 5. The molecule has 5 nitrogen and oxygen atoms in total. The molecule has 0 fully saturated rings. The molecular weight excluding hydrogens is 285 g/mol. The van der Waals surface area contributed by atoms with E-state index in [9.17, 15) is 9.50 Å². The Labute approximate surface area is 126 Å². The number of aromatic nitrogens is 3. The highest BCUT2D eigenvalue weighted by molar-refractivity contribution is 5.37. The lowest BCUT2D eigenvalue weighted by molar-refractivity contribution is 0.300. The Morgan fingerprint density at radius 3 is 2.82 bits per heavy atom. The number of halogens is 1. The van der Waals surface area contributed by atoms with Crippen molar-refractivity contribution >= 4 is 0 Å². The standard InChI is InChI=1S/C16H14FN3O2/c17-9-12-3-1-6-16(7-12)22-11-13-10-20(19-18-13)14-4-2-5-15(21)8-14/h1-8,10,21H,9,11H2. The van der Waals surface area contributed by atoms with Crippen LogP contribution in [0.4, 0.5) is 4.39 Å². The van der Waals surface area contributed by atoms with Crippen LogP contribution in [-0.4, -0.2) is 20.1 Å². The molecule has 0 bridgehead atoms. The van der Waals surface area contributed by atoms with E-state index in [0.717, 1.165) is 0 Å². The lowest BCUT2D eigenvalue weighted by Crippen LogP contribution is -1.96. The minimum Gasteiger partial charge on any atom is -0.508 e. The second-order valence-corrected chi connectivity index (χ2v) is 4.74. The first-order valence-corrected chi connectivity index (χ1v) is 6.73. The number of aromatic hydroxyl groups is 1. The molecule has 6 heteroatoms. The third-order valence-electron chi connectivity index (χ3n) is 3.07. The van der Waals surface area contributed by atoms with Gasteiger partial charge in [0.2, 0.25) is 0 Å². The predicted molar refractivity (Wildman–Crippen MR) is 78.6 cm³/mol. The largest absolute Gasteiger partial charge is 0.508 e. The normalized spacial score (nSPS) is 10.6. The van der Waals surface area contributed by atoms with Crippen LogP contribution in [0.15, 0.2) is 54.7 Å². The highest BCUT2D eigenvalue weighted by Gasteiger charge is 2.05. The van der Waals surface area contributed by atoms with Crippen molar-refractivity contribution < 1.29 is 14.2 Å². The van der Waals surface area contributed by atoms with Crippen LogP contribution in [0, 0.1) is 0 Å². The molecule has 112 valence electrons. The van der Waals surface area contributed by atoms with E-state index >= 15 is 0 Å². The third kappa shape index (κ3) is 3.22. The highest BCUT2D eigenvalue weighted by Crippen LogP contribution is 2.17. The van der Waals surface area contributed by atoms with E-state index in [2.05, 4.69) is 10.3 Å². The van der Waals surface area contributed by atoms with Gasteiger partial charge in [-0.2, -0.15) is 0 Å². The van der Waals surface area contributed by atoms with E-state index in [1.807, 2.05) is 6.07 Å².